The highest BCUT2D eigenvalue weighted by molar-refractivity contribution is 5.44. The minimum atomic E-state index is -0.912. The molecule has 0 bridgehead atoms. The Morgan fingerprint density at radius 1 is 1.40 bits per heavy atom. The third kappa shape index (κ3) is 3.30. The molecule has 1 aromatic carbocycles. The van der Waals surface area contributed by atoms with Gasteiger partial charge < -0.3 is 24.8 Å². The van der Waals surface area contributed by atoms with E-state index >= 15 is 0 Å². The van der Waals surface area contributed by atoms with Gasteiger partial charge in [-0.25, -0.2) is 0 Å². The largest absolute Gasteiger partial charge is 0.504 e. The fourth-order valence-electron chi connectivity index (χ4n) is 0.993. The molecule has 0 saturated carbocycles. The number of aromatic hydroxyl groups is 1. The molecule has 0 saturated heterocycles. The van der Waals surface area contributed by atoms with Gasteiger partial charge in [0, 0.05) is 6.07 Å². The first-order valence-corrected chi connectivity index (χ1v) is 4.46. The van der Waals surface area contributed by atoms with E-state index in [2.05, 4.69) is 0 Å². The summed E-state index contributed by atoms with van der Waals surface area (Å²) in [6.07, 6.45) is -0.912. The summed E-state index contributed by atoms with van der Waals surface area (Å²) in [5.74, 6) is 0.774. The van der Waals surface area contributed by atoms with E-state index in [1.807, 2.05) is 0 Å². The number of phenolic OH excluding ortho intramolecular Hbond substituents is 1. The Morgan fingerprint density at radius 3 is 2.73 bits per heavy atom. The second-order valence-electron chi connectivity index (χ2n) is 2.98. The molecule has 0 aliphatic rings. The van der Waals surface area contributed by atoms with E-state index in [0.717, 1.165) is 0 Å². The van der Waals surface area contributed by atoms with Crippen molar-refractivity contribution in [3.8, 4) is 17.2 Å². The summed E-state index contributed by atoms with van der Waals surface area (Å²) < 4.78 is 10.0. The molecule has 0 heterocycles. The van der Waals surface area contributed by atoms with Crippen LogP contribution in [-0.4, -0.2) is 41.7 Å². The maximum absolute atomic E-state index is 9.29. The zero-order valence-electron chi connectivity index (χ0n) is 8.38. The number of hydrogen-bond acceptors (Lipinski definition) is 5. The highest BCUT2D eigenvalue weighted by atomic mass is 16.5. The van der Waals surface area contributed by atoms with Crippen LogP contribution >= 0.6 is 0 Å². The molecule has 84 valence electrons. The molecule has 1 atom stereocenters. The fourth-order valence-corrected chi connectivity index (χ4v) is 0.993. The van der Waals surface area contributed by atoms with Crippen molar-refractivity contribution in [2.45, 2.75) is 6.10 Å². The predicted molar refractivity (Wildman–Crippen MR) is 53.2 cm³/mol. The van der Waals surface area contributed by atoms with Gasteiger partial charge in [0.1, 0.15) is 18.5 Å². The van der Waals surface area contributed by atoms with Crippen LogP contribution < -0.4 is 9.47 Å². The summed E-state index contributed by atoms with van der Waals surface area (Å²) in [4.78, 5) is 0. The zero-order valence-corrected chi connectivity index (χ0v) is 8.38. The Morgan fingerprint density at radius 2 is 2.13 bits per heavy atom. The summed E-state index contributed by atoms with van der Waals surface area (Å²) in [5.41, 5.74) is 0. The van der Waals surface area contributed by atoms with Crippen molar-refractivity contribution in [1.82, 2.24) is 0 Å². The van der Waals surface area contributed by atoms with E-state index in [4.69, 9.17) is 19.7 Å². The lowest BCUT2D eigenvalue weighted by atomic mass is 10.3. The maximum atomic E-state index is 9.29. The van der Waals surface area contributed by atoms with E-state index in [0.29, 0.717) is 11.5 Å². The van der Waals surface area contributed by atoms with Crippen LogP contribution in [0.15, 0.2) is 18.2 Å². The van der Waals surface area contributed by atoms with Crippen molar-refractivity contribution in [1.29, 1.82) is 0 Å². The number of rotatable bonds is 5. The number of methoxy groups -OCH3 is 1. The Hall–Kier alpha value is -1.46. The molecule has 1 unspecified atom stereocenters. The van der Waals surface area contributed by atoms with Crippen LogP contribution in [0.3, 0.4) is 0 Å². The van der Waals surface area contributed by atoms with Crippen LogP contribution in [0.4, 0.5) is 0 Å². The molecule has 0 aliphatic heterocycles. The van der Waals surface area contributed by atoms with Gasteiger partial charge in [-0.05, 0) is 12.1 Å². The highest BCUT2D eigenvalue weighted by Gasteiger charge is 2.06. The Balaban J connectivity index is 2.62. The number of phenols is 1. The first-order valence-electron chi connectivity index (χ1n) is 4.46. The molecular formula is C10H14O5. The van der Waals surface area contributed by atoms with Crippen LogP contribution in [-0.2, 0) is 0 Å². The van der Waals surface area contributed by atoms with Crippen LogP contribution in [0, 0.1) is 0 Å². The van der Waals surface area contributed by atoms with E-state index in [1.165, 1.54) is 19.2 Å². The van der Waals surface area contributed by atoms with Crippen molar-refractivity contribution in [3.05, 3.63) is 18.2 Å². The molecule has 1 rings (SSSR count). The third-order valence-corrected chi connectivity index (χ3v) is 1.80. The Bertz CT molecular complexity index is 313. The van der Waals surface area contributed by atoms with Crippen molar-refractivity contribution >= 4 is 0 Å². The SMILES string of the molecule is COc1cc(OCC(O)CO)ccc1O. The molecule has 3 N–H and O–H groups in total. The first-order chi connectivity index (χ1) is 7.17. The van der Waals surface area contributed by atoms with E-state index in [-0.39, 0.29) is 19.0 Å². The molecule has 5 heteroatoms. The summed E-state index contributed by atoms with van der Waals surface area (Å²) >= 11 is 0. The average molecular weight is 214 g/mol. The van der Waals surface area contributed by atoms with Gasteiger partial charge in [-0.2, -0.15) is 0 Å². The van der Waals surface area contributed by atoms with E-state index < -0.39 is 6.10 Å². The number of ether oxygens (including phenoxy) is 2. The average Bonchev–Trinajstić information content (AvgIpc) is 2.27. The maximum Gasteiger partial charge on any atom is 0.164 e. The lowest BCUT2D eigenvalue weighted by Gasteiger charge is -2.11. The molecule has 15 heavy (non-hydrogen) atoms. The van der Waals surface area contributed by atoms with Crippen molar-refractivity contribution in [2.24, 2.45) is 0 Å². The van der Waals surface area contributed by atoms with Crippen LogP contribution in [0.2, 0.25) is 0 Å². The third-order valence-electron chi connectivity index (χ3n) is 1.80. The normalized spacial score (nSPS) is 12.2. The fraction of sp³-hybridized carbons (Fsp3) is 0.400. The Kier molecular flexibility index (Phi) is 4.20. The summed E-state index contributed by atoms with van der Waals surface area (Å²) in [7, 11) is 1.43. The highest BCUT2D eigenvalue weighted by Crippen LogP contribution is 2.29. The van der Waals surface area contributed by atoms with Gasteiger partial charge in [0.15, 0.2) is 11.5 Å². The topological polar surface area (TPSA) is 79.2 Å². The van der Waals surface area contributed by atoms with Gasteiger partial charge in [-0.3, -0.25) is 0 Å². The molecular weight excluding hydrogens is 200 g/mol. The number of aliphatic hydroxyl groups excluding tert-OH is 2. The van der Waals surface area contributed by atoms with Gasteiger partial charge in [-0.15, -0.1) is 0 Å². The van der Waals surface area contributed by atoms with Crippen LogP contribution in [0.25, 0.3) is 0 Å². The minimum Gasteiger partial charge on any atom is -0.504 e. The first kappa shape index (κ1) is 11.6. The monoisotopic (exact) mass is 214 g/mol. The quantitative estimate of drug-likeness (QED) is 0.649. The molecule has 0 radical (unpaired) electrons. The van der Waals surface area contributed by atoms with Crippen molar-refractivity contribution in [2.75, 3.05) is 20.3 Å². The molecule has 0 spiro atoms. The lowest BCUT2D eigenvalue weighted by molar-refractivity contribution is 0.0535. The molecule has 1 aromatic rings. The van der Waals surface area contributed by atoms with Gasteiger partial charge in [0.2, 0.25) is 0 Å². The van der Waals surface area contributed by atoms with E-state index in [9.17, 15) is 5.11 Å². The van der Waals surface area contributed by atoms with Gasteiger partial charge in [0.25, 0.3) is 0 Å². The molecule has 0 aliphatic carbocycles. The van der Waals surface area contributed by atoms with Crippen LogP contribution in [0.5, 0.6) is 17.2 Å². The van der Waals surface area contributed by atoms with E-state index in [1.54, 1.807) is 6.07 Å². The predicted octanol–water partition coefficient (Wildman–Crippen LogP) is 0.133. The Labute approximate surface area is 87.5 Å². The molecule has 0 aromatic heterocycles. The number of aliphatic hydroxyl groups is 2. The summed E-state index contributed by atoms with van der Waals surface area (Å²) in [6.45, 7) is -0.361. The van der Waals surface area contributed by atoms with Crippen molar-refractivity contribution < 1.29 is 24.8 Å². The van der Waals surface area contributed by atoms with Crippen LogP contribution in [0.1, 0.15) is 0 Å². The second-order valence-corrected chi connectivity index (χ2v) is 2.98. The van der Waals surface area contributed by atoms with Crippen molar-refractivity contribution in [3.63, 3.8) is 0 Å². The second kappa shape index (κ2) is 5.43. The molecule has 5 nitrogen and oxygen atoms in total. The molecule has 0 amide bonds. The van der Waals surface area contributed by atoms with Gasteiger partial charge >= 0.3 is 0 Å². The standard InChI is InChI=1S/C10H14O5/c1-14-10-4-8(2-3-9(10)13)15-6-7(12)5-11/h2-4,7,11-13H,5-6H2,1H3. The lowest BCUT2D eigenvalue weighted by Crippen LogP contribution is -2.21. The minimum absolute atomic E-state index is 0.00949. The summed E-state index contributed by atoms with van der Waals surface area (Å²) in [6, 6.07) is 4.47. The summed E-state index contributed by atoms with van der Waals surface area (Å²) in [5, 5.41) is 26.9. The molecule has 0 fully saturated rings. The number of hydrogen-bond donors (Lipinski definition) is 3. The smallest absolute Gasteiger partial charge is 0.164 e. The van der Waals surface area contributed by atoms with Gasteiger partial charge in [0.05, 0.1) is 13.7 Å². The zero-order chi connectivity index (χ0) is 11.3. The van der Waals surface area contributed by atoms with Gasteiger partial charge in [-0.1, -0.05) is 0 Å². The number of benzene rings is 1.